The smallest absolute Gasteiger partial charge is 0.119 e. The first-order valence-corrected chi connectivity index (χ1v) is 6.09. The average molecular weight is 242 g/mol. The lowest BCUT2D eigenvalue weighted by molar-refractivity contribution is 0.108. The van der Waals surface area contributed by atoms with Gasteiger partial charge in [0.05, 0.1) is 0 Å². The minimum atomic E-state index is -0.591. The molecule has 1 N–H and O–H groups in total. The molecule has 0 saturated carbocycles. The van der Waals surface area contributed by atoms with Gasteiger partial charge in [0.1, 0.15) is 18.5 Å². The van der Waals surface area contributed by atoms with E-state index in [-0.39, 0.29) is 6.61 Å². The SMILES string of the molecule is Cc1cc(C)cc(OC[C@H](O)c2ccccc2)c1. The van der Waals surface area contributed by atoms with Gasteiger partial charge in [-0.3, -0.25) is 0 Å². The van der Waals surface area contributed by atoms with E-state index in [4.69, 9.17) is 4.74 Å². The predicted octanol–water partition coefficient (Wildman–Crippen LogP) is 3.42. The quantitative estimate of drug-likeness (QED) is 0.890. The summed E-state index contributed by atoms with van der Waals surface area (Å²) in [6, 6.07) is 15.6. The predicted molar refractivity (Wildman–Crippen MR) is 72.8 cm³/mol. The molecule has 0 radical (unpaired) electrons. The molecule has 2 aromatic rings. The van der Waals surface area contributed by atoms with Gasteiger partial charge in [0.2, 0.25) is 0 Å². The van der Waals surface area contributed by atoms with Gasteiger partial charge in [-0.05, 0) is 42.7 Å². The Morgan fingerprint density at radius 2 is 1.61 bits per heavy atom. The molecule has 0 unspecified atom stereocenters. The van der Waals surface area contributed by atoms with Crippen LogP contribution in [0.2, 0.25) is 0 Å². The monoisotopic (exact) mass is 242 g/mol. The van der Waals surface area contributed by atoms with Crippen LogP contribution in [0.1, 0.15) is 22.8 Å². The van der Waals surface area contributed by atoms with E-state index in [0.29, 0.717) is 0 Å². The van der Waals surface area contributed by atoms with Crippen LogP contribution in [0.3, 0.4) is 0 Å². The van der Waals surface area contributed by atoms with Gasteiger partial charge in [0, 0.05) is 0 Å². The van der Waals surface area contributed by atoms with Gasteiger partial charge in [0.25, 0.3) is 0 Å². The Kier molecular flexibility index (Phi) is 4.00. The van der Waals surface area contributed by atoms with Gasteiger partial charge in [-0.25, -0.2) is 0 Å². The summed E-state index contributed by atoms with van der Waals surface area (Å²) in [5.41, 5.74) is 3.21. The molecule has 18 heavy (non-hydrogen) atoms. The summed E-state index contributed by atoms with van der Waals surface area (Å²) >= 11 is 0. The highest BCUT2D eigenvalue weighted by Crippen LogP contribution is 2.19. The molecule has 0 aromatic heterocycles. The van der Waals surface area contributed by atoms with Crippen LogP contribution in [-0.4, -0.2) is 11.7 Å². The van der Waals surface area contributed by atoms with Crippen molar-refractivity contribution in [3.63, 3.8) is 0 Å². The number of hydrogen-bond acceptors (Lipinski definition) is 2. The van der Waals surface area contributed by atoms with E-state index in [2.05, 4.69) is 6.07 Å². The Hall–Kier alpha value is -1.80. The van der Waals surface area contributed by atoms with Crippen molar-refractivity contribution in [3.05, 3.63) is 65.2 Å². The number of benzene rings is 2. The van der Waals surface area contributed by atoms with E-state index in [1.54, 1.807) is 0 Å². The lowest BCUT2D eigenvalue weighted by Gasteiger charge is -2.13. The second-order valence-corrected chi connectivity index (χ2v) is 4.56. The third-order valence-corrected chi connectivity index (χ3v) is 2.79. The summed E-state index contributed by atoms with van der Waals surface area (Å²) in [6.45, 7) is 4.34. The van der Waals surface area contributed by atoms with Crippen LogP contribution in [-0.2, 0) is 0 Å². The molecular formula is C16H18O2. The molecule has 0 bridgehead atoms. The Morgan fingerprint density at radius 1 is 1.00 bits per heavy atom. The Bertz CT molecular complexity index is 486. The molecular weight excluding hydrogens is 224 g/mol. The largest absolute Gasteiger partial charge is 0.491 e. The van der Waals surface area contributed by atoms with Crippen molar-refractivity contribution < 1.29 is 9.84 Å². The molecule has 2 aromatic carbocycles. The van der Waals surface area contributed by atoms with E-state index >= 15 is 0 Å². The maximum atomic E-state index is 10.00. The molecule has 1 atom stereocenters. The minimum Gasteiger partial charge on any atom is -0.491 e. The molecule has 2 heteroatoms. The minimum absolute atomic E-state index is 0.271. The van der Waals surface area contributed by atoms with Crippen LogP contribution in [0, 0.1) is 13.8 Å². The Labute approximate surface area is 108 Å². The zero-order valence-electron chi connectivity index (χ0n) is 10.8. The van der Waals surface area contributed by atoms with E-state index in [1.165, 1.54) is 11.1 Å². The first-order chi connectivity index (χ1) is 8.65. The topological polar surface area (TPSA) is 29.5 Å². The number of ether oxygens (including phenoxy) is 1. The maximum Gasteiger partial charge on any atom is 0.119 e. The molecule has 2 rings (SSSR count). The van der Waals surface area contributed by atoms with Crippen LogP contribution < -0.4 is 4.74 Å². The van der Waals surface area contributed by atoms with Gasteiger partial charge in [0.15, 0.2) is 0 Å². The van der Waals surface area contributed by atoms with Crippen LogP contribution in [0.5, 0.6) is 5.75 Å². The van der Waals surface area contributed by atoms with Crippen LogP contribution in [0.4, 0.5) is 0 Å². The number of rotatable bonds is 4. The standard InChI is InChI=1S/C16H18O2/c1-12-8-13(2)10-15(9-12)18-11-16(17)14-6-4-3-5-7-14/h3-10,16-17H,11H2,1-2H3/t16-/m0/s1. The van der Waals surface area contributed by atoms with Crippen molar-refractivity contribution in [1.29, 1.82) is 0 Å². The molecule has 0 amide bonds. The third kappa shape index (κ3) is 3.34. The molecule has 94 valence electrons. The van der Waals surface area contributed by atoms with E-state index in [0.717, 1.165) is 11.3 Å². The highest BCUT2D eigenvalue weighted by atomic mass is 16.5. The van der Waals surface area contributed by atoms with Crippen LogP contribution >= 0.6 is 0 Å². The van der Waals surface area contributed by atoms with Gasteiger partial charge >= 0.3 is 0 Å². The number of aliphatic hydroxyl groups is 1. The van der Waals surface area contributed by atoms with Gasteiger partial charge < -0.3 is 9.84 Å². The molecule has 0 spiro atoms. The van der Waals surface area contributed by atoms with Gasteiger partial charge in [-0.1, -0.05) is 36.4 Å². The molecule has 0 aliphatic heterocycles. The normalized spacial score (nSPS) is 12.2. The van der Waals surface area contributed by atoms with E-state index < -0.39 is 6.10 Å². The molecule has 0 aliphatic carbocycles. The lowest BCUT2D eigenvalue weighted by Crippen LogP contribution is -2.09. The van der Waals surface area contributed by atoms with E-state index in [9.17, 15) is 5.11 Å². The highest BCUT2D eigenvalue weighted by molar-refractivity contribution is 5.33. The third-order valence-electron chi connectivity index (χ3n) is 2.79. The van der Waals surface area contributed by atoms with E-state index in [1.807, 2.05) is 56.3 Å². The second-order valence-electron chi connectivity index (χ2n) is 4.56. The van der Waals surface area contributed by atoms with Gasteiger partial charge in [-0.2, -0.15) is 0 Å². The summed E-state index contributed by atoms with van der Waals surface area (Å²) in [7, 11) is 0. The molecule has 2 nitrogen and oxygen atoms in total. The highest BCUT2D eigenvalue weighted by Gasteiger charge is 2.07. The summed E-state index contributed by atoms with van der Waals surface area (Å²) in [5, 5.41) is 10.00. The molecule has 0 saturated heterocycles. The molecule has 0 heterocycles. The number of aliphatic hydroxyl groups excluding tert-OH is 1. The summed E-state index contributed by atoms with van der Waals surface area (Å²) in [6.07, 6.45) is -0.591. The summed E-state index contributed by atoms with van der Waals surface area (Å²) in [5.74, 6) is 0.808. The van der Waals surface area contributed by atoms with Crippen molar-refractivity contribution in [1.82, 2.24) is 0 Å². The van der Waals surface area contributed by atoms with Crippen molar-refractivity contribution >= 4 is 0 Å². The van der Waals surface area contributed by atoms with Crippen molar-refractivity contribution in [2.75, 3.05) is 6.61 Å². The van der Waals surface area contributed by atoms with Gasteiger partial charge in [-0.15, -0.1) is 0 Å². The first kappa shape index (κ1) is 12.7. The fourth-order valence-corrected chi connectivity index (χ4v) is 1.96. The fraction of sp³-hybridized carbons (Fsp3) is 0.250. The first-order valence-electron chi connectivity index (χ1n) is 6.09. The summed E-state index contributed by atoms with van der Waals surface area (Å²) < 4.78 is 5.63. The molecule has 0 fully saturated rings. The maximum absolute atomic E-state index is 10.00. The van der Waals surface area contributed by atoms with Crippen molar-refractivity contribution in [2.45, 2.75) is 20.0 Å². The van der Waals surface area contributed by atoms with Crippen molar-refractivity contribution in [2.24, 2.45) is 0 Å². The zero-order chi connectivity index (χ0) is 13.0. The fourth-order valence-electron chi connectivity index (χ4n) is 1.96. The molecule has 0 aliphatic rings. The summed E-state index contributed by atoms with van der Waals surface area (Å²) in [4.78, 5) is 0. The second kappa shape index (κ2) is 5.69. The van der Waals surface area contributed by atoms with Crippen LogP contribution in [0.25, 0.3) is 0 Å². The van der Waals surface area contributed by atoms with Crippen molar-refractivity contribution in [3.8, 4) is 5.75 Å². The van der Waals surface area contributed by atoms with Crippen LogP contribution in [0.15, 0.2) is 48.5 Å². The number of aryl methyl sites for hydroxylation is 2. The zero-order valence-corrected chi connectivity index (χ0v) is 10.8. The average Bonchev–Trinajstić information content (AvgIpc) is 2.36. The number of hydrogen-bond donors (Lipinski definition) is 1. The lowest BCUT2D eigenvalue weighted by atomic mass is 10.1. The Morgan fingerprint density at radius 3 is 2.22 bits per heavy atom. The Balaban J connectivity index is 1.99.